The Labute approximate surface area is 80.2 Å². The third-order valence-electron chi connectivity index (χ3n) is 1.71. The minimum atomic E-state index is -0.651. The fourth-order valence-electron chi connectivity index (χ4n) is 1.21. The van der Waals surface area contributed by atoms with E-state index in [9.17, 15) is 5.11 Å². The van der Waals surface area contributed by atoms with Gasteiger partial charge in [0.1, 0.15) is 11.0 Å². The van der Waals surface area contributed by atoms with E-state index >= 15 is 0 Å². The lowest BCUT2D eigenvalue weighted by molar-refractivity contribution is 0.181. The van der Waals surface area contributed by atoms with Crippen LogP contribution >= 0.6 is 11.8 Å². The number of thioether (sulfide) groups is 1. The highest BCUT2D eigenvalue weighted by molar-refractivity contribution is 7.99. The molecule has 1 aromatic carbocycles. The number of H-pyrrole nitrogens is 1. The molecule has 1 atom stereocenters. The van der Waals surface area contributed by atoms with Crippen LogP contribution in [0.25, 0.3) is 11.0 Å². The Morgan fingerprint density at radius 3 is 3.15 bits per heavy atom. The third kappa shape index (κ3) is 1.68. The second-order valence-corrected chi connectivity index (χ2v) is 4.08. The van der Waals surface area contributed by atoms with Gasteiger partial charge in [-0.1, -0.05) is 17.8 Å². The summed E-state index contributed by atoms with van der Waals surface area (Å²) in [6.45, 7) is 1.64. The smallest absolute Gasteiger partial charge is 0.140 e. The number of hydrogen-bond acceptors (Lipinski definition) is 2. The van der Waals surface area contributed by atoms with Crippen molar-refractivity contribution >= 4 is 22.8 Å². The van der Waals surface area contributed by atoms with Crippen LogP contribution in [-0.2, 0) is 5.11 Å². The molecule has 1 unspecified atom stereocenters. The van der Waals surface area contributed by atoms with Crippen LogP contribution in [0.3, 0.4) is 0 Å². The molecular weight excluding hydrogens is 184 g/mol. The predicted molar refractivity (Wildman–Crippen MR) is 52.1 cm³/mol. The highest BCUT2D eigenvalue weighted by Gasteiger charge is 2.06. The van der Waals surface area contributed by atoms with Crippen LogP contribution in [0, 0.1) is 0 Å². The first-order valence-corrected chi connectivity index (χ1v) is 4.90. The van der Waals surface area contributed by atoms with Crippen molar-refractivity contribution in [3.05, 3.63) is 24.5 Å². The van der Waals surface area contributed by atoms with E-state index in [0.717, 1.165) is 15.9 Å². The summed E-state index contributed by atoms with van der Waals surface area (Å²) in [7, 11) is 0. The van der Waals surface area contributed by atoms with Crippen LogP contribution in [0.5, 0.6) is 0 Å². The molecular formula is C9H9N2OS. The van der Waals surface area contributed by atoms with E-state index in [4.69, 9.17) is 0 Å². The zero-order chi connectivity index (χ0) is 9.26. The largest absolute Gasteiger partial charge is 0.345 e. The number of hydrogen-bond donors (Lipinski definition) is 1. The van der Waals surface area contributed by atoms with Gasteiger partial charge in [-0.2, -0.15) is 0 Å². The van der Waals surface area contributed by atoms with Crippen molar-refractivity contribution in [2.75, 3.05) is 0 Å². The van der Waals surface area contributed by atoms with Crippen molar-refractivity contribution in [1.82, 2.24) is 9.97 Å². The molecule has 1 aromatic heterocycles. The van der Waals surface area contributed by atoms with E-state index in [-0.39, 0.29) is 0 Å². The molecule has 1 N–H and O–H groups in total. The Morgan fingerprint density at radius 1 is 1.54 bits per heavy atom. The average molecular weight is 193 g/mol. The molecule has 0 bridgehead atoms. The van der Waals surface area contributed by atoms with E-state index in [1.54, 1.807) is 13.3 Å². The molecule has 0 aliphatic carbocycles. The standard InChI is InChI=1S/C9H9N2OS/c1-6(12)13-8-4-2-3-7-9(8)11-5-10-7/h2-6H,1H3,(H,10,11). The molecule has 0 fully saturated rings. The SMILES string of the molecule is CC([O])Sc1cccc2[nH]cnc12. The second kappa shape index (κ2) is 3.40. The normalized spacial score (nSPS) is 13.4. The quantitative estimate of drug-likeness (QED) is 0.588. The van der Waals surface area contributed by atoms with E-state index in [2.05, 4.69) is 9.97 Å². The number of para-hydroxylation sites is 1. The molecule has 0 aliphatic heterocycles. The zero-order valence-electron chi connectivity index (χ0n) is 7.15. The maximum atomic E-state index is 11.0. The lowest BCUT2D eigenvalue weighted by Crippen LogP contribution is -1.89. The minimum Gasteiger partial charge on any atom is -0.345 e. The van der Waals surface area contributed by atoms with Crippen LogP contribution in [0.4, 0.5) is 0 Å². The number of imidazole rings is 1. The number of aromatic amines is 1. The number of nitrogens with zero attached hydrogens (tertiary/aromatic N) is 1. The minimum absolute atomic E-state index is 0.651. The molecule has 3 nitrogen and oxygen atoms in total. The van der Waals surface area contributed by atoms with Crippen molar-refractivity contribution in [1.29, 1.82) is 0 Å². The zero-order valence-corrected chi connectivity index (χ0v) is 7.97. The molecule has 1 heterocycles. The summed E-state index contributed by atoms with van der Waals surface area (Å²) in [4.78, 5) is 8.11. The first-order valence-electron chi connectivity index (χ1n) is 4.02. The van der Waals surface area contributed by atoms with E-state index in [1.165, 1.54) is 11.8 Å². The Bertz CT molecular complexity index is 411. The van der Waals surface area contributed by atoms with Gasteiger partial charge < -0.3 is 4.98 Å². The number of nitrogens with one attached hydrogen (secondary N) is 1. The van der Waals surface area contributed by atoms with Crippen LogP contribution in [0.15, 0.2) is 29.4 Å². The second-order valence-electron chi connectivity index (χ2n) is 2.74. The molecule has 2 rings (SSSR count). The number of aromatic nitrogens is 2. The van der Waals surface area contributed by atoms with Gasteiger partial charge in [-0.15, -0.1) is 0 Å². The lowest BCUT2D eigenvalue weighted by atomic mass is 10.3. The molecule has 1 radical (unpaired) electrons. The lowest BCUT2D eigenvalue weighted by Gasteiger charge is -2.01. The predicted octanol–water partition coefficient (Wildman–Crippen LogP) is 2.43. The summed E-state index contributed by atoms with van der Waals surface area (Å²) >= 11 is 1.29. The fourth-order valence-corrected chi connectivity index (χ4v) is 2.00. The van der Waals surface area contributed by atoms with Gasteiger partial charge in [0.05, 0.1) is 11.8 Å². The van der Waals surface area contributed by atoms with Crippen molar-refractivity contribution in [2.45, 2.75) is 17.3 Å². The highest BCUT2D eigenvalue weighted by Crippen LogP contribution is 2.27. The van der Waals surface area contributed by atoms with Gasteiger partial charge in [-0.05, 0) is 19.1 Å². The first-order chi connectivity index (χ1) is 6.27. The number of rotatable bonds is 2. The first kappa shape index (κ1) is 8.59. The molecule has 4 heteroatoms. The molecule has 0 amide bonds. The van der Waals surface area contributed by atoms with Gasteiger partial charge in [0, 0.05) is 4.90 Å². The molecule has 2 aromatic rings. The van der Waals surface area contributed by atoms with Crippen molar-refractivity contribution in [2.24, 2.45) is 0 Å². The van der Waals surface area contributed by atoms with Gasteiger partial charge in [0.2, 0.25) is 0 Å². The molecule has 67 valence electrons. The van der Waals surface area contributed by atoms with Gasteiger partial charge in [0.15, 0.2) is 0 Å². The summed E-state index contributed by atoms with van der Waals surface area (Å²) in [5.74, 6) is 0. The number of fused-ring (bicyclic) bond motifs is 1. The van der Waals surface area contributed by atoms with Crippen LogP contribution in [0.2, 0.25) is 0 Å². The summed E-state index contributed by atoms with van der Waals surface area (Å²) in [5, 5.41) is 11.0. The molecule has 13 heavy (non-hydrogen) atoms. The van der Waals surface area contributed by atoms with Gasteiger partial charge in [-0.25, -0.2) is 10.1 Å². The third-order valence-corrected chi connectivity index (χ3v) is 2.62. The summed E-state index contributed by atoms with van der Waals surface area (Å²) in [6, 6.07) is 5.79. The maximum absolute atomic E-state index is 11.0. The molecule has 0 saturated heterocycles. The fraction of sp³-hybridized carbons (Fsp3) is 0.222. The summed E-state index contributed by atoms with van der Waals surface area (Å²) in [5.41, 5.74) is 1.21. The monoisotopic (exact) mass is 193 g/mol. The van der Waals surface area contributed by atoms with Gasteiger partial charge >= 0.3 is 0 Å². The van der Waals surface area contributed by atoms with Crippen LogP contribution < -0.4 is 0 Å². The average Bonchev–Trinajstić information content (AvgIpc) is 2.51. The van der Waals surface area contributed by atoms with Gasteiger partial charge in [-0.3, -0.25) is 0 Å². The van der Waals surface area contributed by atoms with Crippen LogP contribution in [-0.4, -0.2) is 15.4 Å². The highest BCUT2D eigenvalue weighted by atomic mass is 32.2. The van der Waals surface area contributed by atoms with E-state index < -0.39 is 5.44 Å². The Balaban J connectivity index is 2.48. The Morgan fingerprint density at radius 2 is 2.38 bits per heavy atom. The maximum Gasteiger partial charge on any atom is 0.140 e. The number of benzene rings is 1. The van der Waals surface area contributed by atoms with Crippen molar-refractivity contribution in [3.8, 4) is 0 Å². The Hall–Kier alpha value is -1.00. The molecule has 0 spiro atoms. The van der Waals surface area contributed by atoms with Crippen molar-refractivity contribution < 1.29 is 5.11 Å². The molecule has 0 aliphatic rings. The van der Waals surface area contributed by atoms with E-state index in [1.807, 2.05) is 18.2 Å². The van der Waals surface area contributed by atoms with Crippen LogP contribution in [0.1, 0.15) is 6.92 Å². The topological polar surface area (TPSA) is 48.6 Å². The Kier molecular flexibility index (Phi) is 2.24. The molecule has 0 saturated carbocycles. The van der Waals surface area contributed by atoms with Crippen molar-refractivity contribution in [3.63, 3.8) is 0 Å². The summed E-state index contributed by atoms with van der Waals surface area (Å²) < 4.78 is 0. The summed E-state index contributed by atoms with van der Waals surface area (Å²) in [6.07, 6.45) is 1.64. The van der Waals surface area contributed by atoms with E-state index in [0.29, 0.717) is 0 Å². The van der Waals surface area contributed by atoms with Gasteiger partial charge in [0.25, 0.3) is 0 Å².